The molecule has 0 unspecified atom stereocenters. The van der Waals surface area contributed by atoms with Gasteiger partial charge in [-0.05, 0) is 24.6 Å². The summed E-state index contributed by atoms with van der Waals surface area (Å²) in [4.78, 5) is 11.7. The number of halogens is 1. The second-order valence-electron chi connectivity index (χ2n) is 4.47. The molecule has 92 valence electrons. The molecule has 0 radical (unpaired) electrons. The van der Waals surface area contributed by atoms with Gasteiger partial charge in [-0.3, -0.25) is 9.89 Å². The summed E-state index contributed by atoms with van der Waals surface area (Å²) in [5, 5.41) is 10.5. The van der Waals surface area contributed by atoms with E-state index in [1.165, 1.54) is 0 Å². The van der Waals surface area contributed by atoms with Gasteiger partial charge in [-0.1, -0.05) is 23.7 Å². The van der Waals surface area contributed by atoms with Crippen LogP contribution in [-0.2, 0) is 4.79 Å². The summed E-state index contributed by atoms with van der Waals surface area (Å²) in [5.41, 5.74) is 3.14. The molecule has 0 fully saturated rings. The van der Waals surface area contributed by atoms with Crippen LogP contribution in [0.25, 0.3) is 0 Å². The van der Waals surface area contributed by atoms with E-state index in [-0.39, 0.29) is 11.8 Å². The minimum Gasteiger partial charge on any atom is -0.309 e. The molecule has 1 aromatic carbocycles. The fourth-order valence-corrected chi connectivity index (χ4v) is 2.54. The van der Waals surface area contributed by atoms with Gasteiger partial charge in [0.05, 0.1) is 0 Å². The van der Waals surface area contributed by atoms with E-state index >= 15 is 0 Å². The van der Waals surface area contributed by atoms with Crippen LogP contribution in [0.5, 0.6) is 0 Å². The molecule has 0 saturated heterocycles. The molecule has 5 heteroatoms. The molecular formula is C13H12ClN3O. The number of aryl methyl sites for hydroxylation is 1. The van der Waals surface area contributed by atoms with Crippen molar-refractivity contribution in [3.05, 3.63) is 46.1 Å². The number of amides is 1. The number of nitrogens with zero attached hydrogens (tertiary/aromatic N) is 1. The van der Waals surface area contributed by atoms with Crippen molar-refractivity contribution < 1.29 is 4.79 Å². The maximum Gasteiger partial charge on any atom is 0.226 e. The standard InChI is InChI=1S/C13H12ClN3O/c1-7-12-10(8-2-4-9(14)5-3-8)6-11(18)15-13(12)17-16-7/h2-5,10H,6H2,1H3,(H2,15,16,17,18)/t10-/m0/s1. The lowest BCUT2D eigenvalue weighted by Crippen LogP contribution is -2.23. The topological polar surface area (TPSA) is 57.8 Å². The smallest absolute Gasteiger partial charge is 0.226 e. The SMILES string of the molecule is Cc1[nH]nc2c1[C@H](c1ccc(Cl)cc1)CC(=O)N2. The number of carbonyl (C=O) groups excluding carboxylic acids is 1. The lowest BCUT2D eigenvalue weighted by molar-refractivity contribution is -0.116. The van der Waals surface area contributed by atoms with Gasteiger partial charge in [0.15, 0.2) is 5.82 Å². The number of benzene rings is 1. The van der Waals surface area contributed by atoms with Gasteiger partial charge in [0, 0.05) is 28.6 Å². The summed E-state index contributed by atoms with van der Waals surface area (Å²) in [6, 6.07) is 7.61. The minimum absolute atomic E-state index is 0.00560. The molecule has 2 aromatic rings. The van der Waals surface area contributed by atoms with Crippen LogP contribution in [0, 0.1) is 6.92 Å². The van der Waals surface area contributed by atoms with Crippen LogP contribution in [0.1, 0.15) is 29.2 Å². The fourth-order valence-electron chi connectivity index (χ4n) is 2.41. The number of H-pyrrole nitrogens is 1. The number of aromatic nitrogens is 2. The van der Waals surface area contributed by atoms with Gasteiger partial charge < -0.3 is 5.32 Å². The molecule has 1 amide bonds. The normalized spacial score (nSPS) is 18.3. The molecule has 18 heavy (non-hydrogen) atoms. The Morgan fingerprint density at radius 3 is 2.78 bits per heavy atom. The Labute approximate surface area is 109 Å². The number of hydrogen-bond acceptors (Lipinski definition) is 2. The second kappa shape index (κ2) is 4.14. The average Bonchev–Trinajstić information content (AvgIpc) is 2.71. The quantitative estimate of drug-likeness (QED) is 0.829. The zero-order valence-electron chi connectivity index (χ0n) is 9.83. The molecule has 0 bridgehead atoms. The van der Waals surface area contributed by atoms with Crippen molar-refractivity contribution in [2.75, 3.05) is 5.32 Å². The molecule has 1 aliphatic heterocycles. The Morgan fingerprint density at radius 1 is 1.33 bits per heavy atom. The summed E-state index contributed by atoms with van der Waals surface area (Å²) in [6.45, 7) is 1.96. The first-order valence-electron chi connectivity index (χ1n) is 5.75. The monoisotopic (exact) mass is 261 g/mol. The number of hydrogen-bond donors (Lipinski definition) is 2. The third-order valence-electron chi connectivity index (χ3n) is 3.26. The van der Waals surface area contributed by atoms with E-state index in [4.69, 9.17) is 11.6 Å². The highest BCUT2D eigenvalue weighted by molar-refractivity contribution is 6.30. The highest BCUT2D eigenvalue weighted by Crippen LogP contribution is 2.37. The summed E-state index contributed by atoms with van der Waals surface area (Å²) in [7, 11) is 0. The van der Waals surface area contributed by atoms with Gasteiger partial charge >= 0.3 is 0 Å². The number of anilines is 1. The predicted octanol–water partition coefficient (Wildman–Crippen LogP) is 2.85. The first kappa shape index (κ1) is 11.3. The van der Waals surface area contributed by atoms with Gasteiger partial charge in [0.25, 0.3) is 0 Å². The lowest BCUT2D eigenvalue weighted by atomic mass is 9.86. The predicted molar refractivity (Wildman–Crippen MR) is 69.9 cm³/mol. The first-order chi connectivity index (χ1) is 8.65. The Morgan fingerprint density at radius 2 is 2.06 bits per heavy atom. The Balaban J connectivity index is 2.09. The molecule has 1 aromatic heterocycles. The van der Waals surface area contributed by atoms with Crippen LogP contribution < -0.4 is 5.32 Å². The Hall–Kier alpha value is -1.81. The van der Waals surface area contributed by atoms with E-state index in [2.05, 4.69) is 15.5 Å². The molecule has 0 saturated carbocycles. The van der Waals surface area contributed by atoms with Gasteiger partial charge in [-0.25, -0.2) is 0 Å². The van der Waals surface area contributed by atoms with Crippen LogP contribution in [0.4, 0.5) is 5.82 Å². The van der Waals surface area contributed by atoms with Gasteiger partial charge in [-0.15, -0.1) is 0 Å². The molecule has 4 nitrogen and oxygen atoms in total. The lowest BCUT2D eigenvalue weighted by Gasteiger charge is -2.22. The number of fused-ring (bicyclic) bond motifs is 1. The van der Waals surface area contributed by atoms with E-state index in [0.717, 1.165) is 16.8 Å². The summed E-state index contributed by atoms with van der Waals surface area (Å²) < 4.78 is 0. The maximum absolute atomic E-state index is 11.7. The Kier molecular flexibility index (Phi) is 2.59. The third-order valence-corrected chi connectivity index (χ3v) is 3.51. The van der Waals surface area contributed by atoms with Crippen LogP contribution in [0.15, 0.2) is 24.3 Å². The molecule has 2 N–H and O–H groups in total. The van der Waals surface area contributed by atoms with E-state index in [0.29, 0.717) is 17.3 Å². The van der Waals surface area contributed by atoms with Gasteiger partial charge in [0.1, 0.15) is 0 Å². The first-order valence-corrected chi connectivity index (χ1v) is 6.13. The molecular weight excluding hydrogens is 250 g/mol. The van der Waals surface area contributed by atoms with Gasteiger partial charge in [-0.2, -0.15) is 5.10 Å². The van der Waals surface area contributed by atoms with Gasteiger partial charge in [0.2, 0.25) is 5.91 Å². The van der Waals surface area contributed by atoms with Crippen molar-refractivity contribution >= 4 is 23.3 Å². The van der Waals surface area contributed by atoms with Crippen molar-refractivity contribution in [1.82, 2.24) is 10.2 Å². The minimum atomic E-state index is -0.00560. The molecule has 2 heterocycles. The molecule has 0 spiro atoms. The molecule has 1 aliphatic rings. The number of rotatable bonds is 1. The van der Waals surface area contributed by atoms with E-state index in [1.54, 1.807) is 0 Å². The zero-order chi connectivity index (χ0) is 12.7. The van der Waals surface area contributed by atoms with Crippen molar-refractivity contribution in [1.29, 1.82) is 0 Å². The zero-order valence-corrected chi connectivity index (χ0v) is 10.6. The average molecular weight is 262 g/mol. The third kappa shape index (κ3) is 1.78. The van der Waals surface area contributed by atoms with Crippen molar-refractivity contribution in [2.24, 2.45) is 0 Å². The number of carbonyl (C=O) groups is 1. The summed E-state index contributed by atoms with van der Waals surface area (Å²) in [5.74, 6) is 0.683. The van der Waals surface area contributed by atoms with E-state index in [1.807, 2.05) is 31.2 Å². The maximum atomic E-state index is 11.7. The van der Waals surface area contributed by atoms with E-state index < -0.39 is 0 Å². The largest absolute Gasteiger partial charge is 0.309 e. The molecule has 1 atom stereocenters. The fraction of sp³-hybridized carbons (Fsp3) is 0.231. The summed E-state index contributed by atoms with van der Waals surface area (Å²) in [6.07, 6.45) is 0.439. The molecule has 3 rings (SSSR count). The van der Waals surface area contributed by atoms with Crippen LogP contribution >= 0.6 is 11.6 Å². The van der Waals surface area contributed by atoms with Crippen LogP contribution in [0.3, 0.4) is 0 Å². The van der Waals surface area contributed by atoms with Crippen molar-refractivity contribution in [3.8, 4) is 0 Å². The highest BCUT2D eigenvalue weighted by atomic mass is 35.5. The summed E-state index contributed by atoms with van der Waals surface area (Å²) >= 11 is 5.89. The van der Waals surface area contributed by atoms with E-state index in [9.17, 15) is 4.79 Å². The molecule has 0 aliphatic carbocycles. The van der Waals surface area contributed by atoms with Crippen LogP contribution in [0.2, 0.25) is 5.02 Å². The van der Waals surface area contributed by atoms with Crippen LogP contribution in [-0.4, -0.2) is 16.1 Å². The Bertz CT molecular complexity index is 603. The highest BCUT2D eigenvalue weighted by Gasteiger charge is 2.30. The second-order valence-corrected chi connectivity index (χ2v) is 4.90. The number of aromatic amines is 1. The van der Waals surface area contributed by atoms with Crippen molar-refractivity contribution in [3.63, 3.8) is 0 Å². The van der Waals surface area contributed by atoms with Crippen molar-refractivity contribution in [2.45, 2.75) is 19.3 Å². The number of nitrogens with one attached hydrogen (secondary N) is 2.